The number of rotatable bonds is 6. The number of H-pyrrole nitrogens is 2. The fourth-order valence-electron chi connectivity index (χ4n) is 2.35. The Morgan fingerprint density at radius 3 is 2.73 bits per heavy atom. The van der Waals surface area contributed by atoms with Crippen LogP contribution in [0.1, 0.15) is 29.3 Å². The molecule has 136 valence electrons. The van der Waals surface area contributed by atoms with E-state index in [1.54, 1.807) is 18.5 Å². The normalized spacial score (nSPS) is 12.2. The molecule has 0 fully saturated rings. The summed E-state index contributed by atoms with van der Waals surface area (Å²) in [5.74, 6) is 0.0773. The molecule has 0 aliphatic rings. The number of aromatic nitrogens is 5. The van der Waals surface area contributed by atoms with E-state index in [2.05, 4.69) is 30.5 Å². The molecule has 0 aliphatic carbocycles. The van der Waals surface area contributed by atoms with Crippen LogP contribution in [-0.4, -0.2) is 31.7 Å². The lowest BCUT2D eigenvalue weighted by molar-refractivity contribution is -0.140. The van der Waals surface area contributed by atoms with E-state index in [4.69, 9.17) is 0 Å². The first-order valence-electron chi connectivity index (χ1n) is 7.96. The monoisotopic (exact) mass is 362 g/mol. The molecule has 3 heterocycles. The minimum absolute atomic E-state index is 0.0773. The van der Waals surface area contributed by atoms with Crippen molar-refractivity contribution in [1.82, 2.24) is 30.5 Å². The van der Waals surface area contributed by atoms with Crippen molar-refractivity contribution in [3.05, 3.63) is 53.2 Å². The van der Waals surface area contributed by atoms with Crippen molar-refractivity contribution in [3.63, 3.8) is 0 Å². The summed E-state index contributed by atoms with van der Waals surface area (Å²) in [6.07, 6.45) is 4.88. The Kier molecular flexibility index (Phi) is 5.17. The van der Waals surface area contributed by atoms with E-state index in [1.807, 2.05) is 19.1 Å². The second-order valence-electron chi connectivity index (χ2n) is 5.58. The maximum atomic E-state index is 12.7. The zero-order chi connectivity index (χ0) is 18.6. The fourth-order valence-corrected chi connectivity index (χ4v) is 2.35. The molecular formula is C17H17F3N6. The average Bonchev–Trinajstić information content (AvgIpc) is 3.26. The van der Waals surface area contributed by atoms with Crippen molar-refractivity contribution in [2.45, 2.75) is 19.6 Å². The zero-order valence-electron chi connectivity index (χ0n) is 13.9. The first-order chi connectivity index (χ1) is 12.5. The molecular weight excluding hydrogens is 345 g/mol. The first-order valence-corrected chi connectivity index (χ1v) is 7.96. The third-order valence-electron chi connectivity index (χ3n) is 3.64. The topological polar surface area (TPSA) is 82.3 Å². The number of nitrogens with one attached hydrogen (secondary N) is 3. The quantitative estimate of drug-likeness (QED) is 0.627. The Morgan fingerprint density at radius 1 is 1.15 bits per heavy atom. The van der Waals surface area contributed by atoms with Crippen molar-refractivity contribution in [3.8, 4) is 11.5 Å². The third-order valence-corrected chi connectivity index (χ3v) is 3.64. The molecule has 0 spiro atoms. The van der Waals surface area contributed by atoms with Gasteiger partial charge < -0.3 is 10.3 Å². The lowest BCUT2D eigenvalue weighted by Gasteiger charge is -2.02. The van der Waals surface area contributed by atoms with Gasteiger partial charge in [-0.15, -0.1) is 0 Å². The first kappa shape index (κ1) is 17.9. The maximum absolute atomic E-state index is 12.7. The summed E-state index contributed by atoms with van der Waals surface area (Å²) < 4.78 is 38.1. The molecule has 0 radical (unpaired) electrons. The molecule has 3 N–H and O–H groups in total. The molecule has 6 nitrogen and oxygen atoms in total. The van der Waals surface area contributed by atoms with Crippen LogP contribution in [0.2, 0.25) is 0 Å². The highest BCUT2D eigenvalue weighted by atomic mass is 19.4. The number of imidazole rings is 1. The van der Waals surface area contributed by atoms with E-state index in [1.165, 1.54) is 6.20 Å². The number of alkyl halides is 3. The molecule has 0 atom stereocenters. The van der Waals surface area contributed by atoms with Crippen LogP contribution >= 0.6 is 0 Å². The highest BCUT2D eigenvalue weighted by Gasteiger charge is 2.33. The minimum atomic E-state index is -4.47. The van der Waals surface area contributed by atoms with Crippen molar-refractivity contribution in [2.75, 3.05) is 6.54 Å². The summed E-state index contributed by atoms with van der Waals surface area (Å²) in [5, 5.41) is 9.79. The summed E-state index contributed by atoms with van der Waals surface area (Å²) in [5.41, 5.74) is 2.02. The van der Waals surface area contributed by atoms with Gasteiger partial charge in [-0.3, -0.25) is 10.1 Å². The van der Waals surface area contributed by atoms with Gasteiger partial charge in [-0.2, -0.15) is 18.3 Å². The lowest BCUT2D eigenvalue weighted by Crippen LogP contribution is -2.11. The highest BCUT2D eigenvalue weighted by molar-refractivity contribution is 5.76. The molecule has 3 rings (SSSR count). The van der Waals surface area contributed by atoms with Crippen LogP contribution in [0.25, 0.3) is 23.7 Å². The smallest absolute Gasteiger partial charge is 0.333 e. The number of nitrogens with zero attached hydrogens (tertiary/aromatic N) is 3. The summed E-state index contributed by atoms with van der Waals surface area (Å²) >= 11 is 0. The summed E-state index contributed by atoms with van der Waals surface area (Å²) in [6, 6.07) is 1.99. The van der Waals surface area contributed by atoms with Gasteiger partial charge in [0.15, 0.2) is 5.82 Å². The molecule has 9 heteroatoms. The van der Waals surface area contributed by atoms with Gasteiger partial charge in [0.25, 0.3) is 0 Å². The van der Waals surface area contributed by atoms with Gasteiger partial charge in [0, 0.05) is 24.5 Å². The van der Waals surface area contributed by atoms with Crippen molar-refractivity contribution >= 4 is 12.2 Å². The summed E-state index contributed by atoms with van der Waals surface area (Å²) in [6.45, 7) is 3.60. The van der Waals surface area contributed by atoms with E-state index in [0.29, 0.717) is 11.3 Å². The van der Waals surface area contributed by atoms with Crippen molar-refractivity contribution < 1.29 is 13.2 Å². The van der Waals surface area contributed by atoms with E-state index < -0.39 is 11.9 Å². The number of pyridine rings is 1. The minimum Gasteiger partial charge on any atom is -0.333 e. The van der Waals surface area contributed by atoms with E-state index in [-0.39, 0.29) is 5.82 Å². The van der Waals surface area contributed by atoms with Gasteiger partial charge >= 0.3 is 6.18 Å². The molecule has 0 aliphatic heterocycles. The van der Waals surface area contributed by atoms with Crippen LogP contribution in [0, 0.1) is 0 Å². The van der Waals surface area contributed by atoms with Crippen molar-refractivity contribution in [2.24, 2.45) is 0 Å². The highest BCUT2D eigenvalue weighted by Crippen LogP contribution is 2.29. The molecule has 0 bridgehead atoms. The SMILES string of the molecule is CCNCc1cncc(/C=C/c2cn[nH]c2-c2ncc(C(F)(F)F)[nH]2)c1. The second kappa shape index (κ2) is 7.52. The Bertz CT molecular complexity index is 894. The largest absolute Gasteiger partial charge is 0.432 e. The number of hydrogen-bond acceptors (Lipinski definition) is 4. The second-order valence-corrected chi connectivity index (χ2v) is 5.58. The zero-order valence-corrected chi connectivity index (χ0v) is 13.9. The number of hydrogen-bond donors (Lipinski definition) is 3. The van der Waals surface area contributed by atoms with Crippen LogP contribution in [-0.2, 0) is 12.7 Å². The summed E-state index contributed by atoms with van der Waals surface area (Å²) in [4.78, 5) is 10.2. The van der Waals surface area contributed by atoms with Crippen LogP contribution in [0.4, 0.5) is 13.2 Å². The van der Waals surface area contributed by atoms with E-state index >= 15 is 0 Å². The predicted molar refractivity (Wildman–Crippen MR) is 91.7 cm³/mol. The molecule has 0 saturated heterocycles. The van der Waals surface area contributed by atoms with Crippen LogP contribution < -0.4 is 5.32 Å². The Hall–Kier alpha value is -2.94. The van der Waals surface area contributed by atoms with Crippen molar-refractivity contribution in [1.29, 1.82) is 0 Å². The Labute approximate surface area is 147 Å². The Morgan fingerprint density at radius 2 is 2.00 bits per heavy atom. The molecule has 26 heavy (non-hydrogen) atoms. The molecule has 0 amide bonds. The molecule has 3 aromatic heterocycles. The predicted octanol–water partition coefficient (Wildman–Crippen LogP) is 3.49. The van der Waals surface area contributed by atoms with Crippen LogP contribution in [0.3, 0.4) is 0 Å². The van der Waals surface area contributed by atoms with Crippen LogP contribution in [0.5, 0.6) is 0 Å². The molecule has 0 saturated carbocycles. The van der Waals surface area contributed by atoms with Gasteiger partial charge in [-0.1, -0.05) is 19.1 Å². The average molecular weight is 362 g/mol. The molecule has 3 aromatic rings. The van der Waals surface area contributed by atoms with Crippen LogP contribution in [0.15, 0.2) is 30.9 Å². The van der Waals surface area contributed by atoms with Gasteiger partial charge in [0.1, 0.15) is 11.4 Å². The van der Waals surface area contributed by atoms with Gasteiger partial charge in [0.05, 0.1) is 12.4 Å². The van der Waals surface area contributed by atoms with E-state index in [9.17, 15) is 13.2 Å². The molecule has 0 aromatic carbocycles. The van der Waals surface area contributed by atoms with E-state index in [0.717, 1.165) is 30.4 Å². The Balaban J connectivity index is 1.81. The number of aromatic amines is 2. The molecule has 0 unspecified atom stereocenters. The fraction of sp³-hybridized carbons (Fsp3) is 0.235. The summed E-state index contributed by atoms with van der Waals surface area (Å²) in [7, 11) is 0. The van der Waals surface area contributed by atoms with Gasteiger partial charge in [0.2, 0.25) is 0 Å². The number of halogens is 3. The third kappa shape index (κ3) is 4.17. The van der Waals surface area contributed by atoms with Gasteiger partial charge in [-0.25, -0.2) is 4.98 Å². The maximum Gasteiger partial charge on any atom is 0.432 e. The lowest BCUT2D eigenvalue weighted by atomic mass is 10.1. The van der Waals surface area contributed by atoms with Gasteiger partial charge in [-0.05, 0) is 23.7 Å². The standard InChI is InChI=1S/C17H17F3N6/c1-2-21-7-12-5-11(6-22-8-12)3-4-13-9-24-26-15(13)16-23-10-14(25-16)17(18,19)20/h3-6,8-10,21H,2,7H2,1H3,(H,23,25)(H,24,26)/b4-3+.